The Labute approximate surface area is 201 Å². The fraction of sp³-hybridized carbons (Fsp3) is 0.440. The van der Waals surface area contributed by atoms with Crippen molar-refractivity contribution < 1.29 is 4.79 Å². The number of amides is 1. The number of unbranched alkanes of at least 4 members (excludes halogenated alkanes) is 4. The molecular formula is C25H31Cl3N2O. The molecule has 0 aliphatic carbocycles. The lowest BCUT2D eigenvalue weighted by atomic mass is 9.87. The van der Waals surface area contributed by atoms with Gasteiger partial charge in [-0.1, -0.05) is 85.6 Å². The highest BCUT2D eigenvalue weighted by Crippen LogP contribution is 2.30. The van der Waals surface area contributed by atoms with Crippen LogP contribution in [0.3, 0.4) is 0 Å². The number of rotatable bonds is 12. The average Bonchev–Trinajstić information content (AvgIpc) is 2.75. The summed E-state index contributed by atoms with van der Waals surface area (Å²) in [6.07, 6.45) is 6.97. The molecule has 0 unspecified atom stereocenters. The Hall–Kier alpha value is -1.55. The summed E-state index contributed by atoms with van der Waals surface area (Å²) in [5.41, 5.74) is 2.61. The molecule has 0 aliphatic heterocycles. The SMILES string of the molecule is CCCCCCCNC(=O)C(C[C@@H](Cc1ccc(Cl)cc1Cl)c1ccc(Cl)cc1)=NC. The molecule has 0 saturated carbocycles. The van der Waals surface area contributed by atoms with Gasteiger partial charge >= 0.3 is 0 Å². The normalized spacial score (nSPS) is 12.6. The predicted molar refractivity (Wildman–Crippen MR) is 134 cm³/mol. The third-order valence-electron chi connectivity index (χ3n) is 5.36. The molecule has 0 spiro atoms. The van der Waals surface area contributed by atoms with Crippen LogP contribution in [-0.4, -0.2) is 25.2 Å². The van der Waals surface area contributed by atoms with Crippen LogP contribution >= 0.6 is 34.8 Å². The molecule has 1 atom stereocenters. The van der Waals surface area contributed by atoms with E-state index in [-0.39, 0.29) is 11.8 Å². The molecule has 0 heterocycles. The van der Waals surface area contributed by atoms with Crippen molar-refractivity contribution in [3.63, 3.8) is 0 Å². The number of halogens is 3. The molecule has 3 nitrogen and oxygen atoms in total. The summed E-state index contributed by atoms with van der Waals surface area (Å²) in [6, 6.07) is 13.2. The summed E-state index contributed by atoms with van der Waals surface area (Å²) in [4.78, 5) is 17.0. The number of carbonyl (C=O) groups is 1. The quantitative estimate of drug-likeness (QED) is 0.247. The first kappa shape index (κ1) is 25.7. The molecule has 31 heavy (non-hydrogen) atoms. The van der Waals surface area contributed by atoms with Crippen LogP contribution in [0.5, 0.6) is 0 Å². The van der Waals surface area contributed by atoms with Gasteiger partial charge in [-0.15, -0.1) is 0 Å². The van der Waals surface area contributed by atoms with Gasteiger partial charge in [0.05, 0.1) is 5.71 Å². The number of hydrogen-bond donors (Lipinski definition) is 1. The Morgan fingerprint density at radius 3 is 2.29 bits per heavy atom. The summed E-state index contributed by atoms with van der Waals surface area (Å²) in [5, 5.41) is 4.93. The van der Waals surface area contributed by atoms with E-state index < -0.39 is 0 Å². The second-order valence-electron chi connectivity index (χ2n) is 7.73. The van der Waals surface area contributed by atoms with E-state index in [1.165, 1.54) is 19.3 Å². The van der Waals surface area contributed by atoms with E-state index in [9.17, 15) is 4.79 Å². The van der Waals surface area contributed by atoms with Crippen molar-refractivity contribution in [3.05, 3.63) is 68.7 Å². The second-order valence-corrected chi connectivity index (χ2v) is 9.01. The topological polar surface area (TPSA) is 41.5 Å². The van der Waals surface area contributed by atoms with E-state index >= 15 is 0 Å². The maximum atomic E-state index is 12.7. The minimum atomic E-state index is -0.0980. The maximum absolute atomic E-state index is 12.7. The van der Waals surface area contributed by atoms with Gasteiger partial charge in [0.2, 0.25) is 0 Å². The van der Waals surface area contributed by atoms with E-state index in [4.69, 9.17) is 34.8 Å². The third kappa shape index (κ3) is 8.84. The highest BCUT2D eigenvalue weighted by Gasteiger charge is 2.21. The largest absolute Gasteiger partial charge is 0.351 e. The lowest BCUT2D eigenvalue weighted by Gasteiger charge is -2.20. The predicted octanol–water partition coefficient (Wildman–Crippen LogP) is 7.52. The first-order valence-corrected chi connectivity index (χ1v) is 12.0. The van der Waals surface area contributed by atoms with Crippen LogP contribution in [0.15, 0.2) is 47.5 Å². The van der Waals surface area contributed by atoms with Gasteiger partial charge in [0.15, 0.2) is 0 Å². The highest BCUT2D eigenvalue weighted by molar-refractivity contribution is 6.39. The fourth-order valence-electron chi connectivity index (χ4n) is 3.55. The summed E-state index contributed by atoms with van der Waals surface area (Å²) in [5.74, 6) is -0.0656. The molecule has 2 rings (SSSR count). The van der Waals surface area contributed by atoms with Crippen molar-refractivity contribution in [2.75, 3.05) is 13.6 Å². The monoisotopic (exact) mass is 480 g/mol. The molecule has 0 saturated heterocycles. The lowest BCUT2D eigenvalue weighted by Crippen LogP contribution is -2.33. The molecule has 0 fully saturated rings. The summed E-state index contributed by atoms with van der Waals surface area (Å²) in [7, 11) is 1.67. The van der Waals surface area contributed by atoms with Crippen molar-refractivity contribution in [1.82, 2.24) is 5.32 Å². The second kappa shape index (κ2) is 13.8. The van der Waals surface area contributed by atoms with Gasteiger partial charge in [-0.25, -0.2) is 0 Å². The average molecular weight is 482 g/mol. The molecule has 1 N–H and O–H groups in total. The Balaban J connectivity index is 2.09. The zero-order chi connectivity index (χ0) is 22.6. The van der Waals surface area contributed by atoms with Crippen LogP contribution in [0.2, 0.25) is 15.1 Å². The standard InChI is InChI=1S/C25H31Cl3N2O/c1-3-4-5-6-7-14-30-25(31)24(29-2)16-20(18-8-11-21(26)12-9-18)15-19-10-13-22(27)17-23(19)28/h8-13,17,20H,3-7,14-16H2,1-2H3,(H,30,31)/t20-/m1/s1. The summed E-state index contributed by atoms with van der Waals surface area (Å²) < 4.78 is 0. The van der Waals surface area contributed by atoms with Crippen LogP contribution in [-0.2, 0) is 11.2 Å². The van der Waals surface area contributed by atoms with Gasteiger partial charge in [0, 0.05) is 35.1 Å². The van der Waals surface area contributed by atoms with Crippen molar-refractivity contribution in [1.29, 1.82) is 0 Å². The zero-order valence-electron chi connectivity index (χ0n) is 18.3. The minimum Gasteiger partial charge on any atom is -0.351 e. The van der Waals surface area contributed by atoms with E-state index in [0.29, 0.717) is 40.2 Å². The van der Waals surface area contributed by atoms with Crippen LogP contribution in [0, 0.1) is 0 Å². The molecule has 1 amide bonds. The number of benzene rings is 2. The number of aliphatic imine (C=N–C) groups is 1. The van der Waals surface area contributed by atoms with Gasteiger partial charge in [-0.05, 0) is 54.2 Å². The van der Waals surface area contributed by atoms with Crippen molar-refractivity contribution >= 4 is 46.4 Å². The van der Waals surface area contributed by atoms with Gasteiger partial charge in [0.25, 0.3) is 5.91 Å². The Kier molecular flexibility index (Phi) is 11.4. The van der Waals surface area contributed by atoms with Crippen LogP contribution in [0.25, 0.3) is 0 Å². The number of nitrogens with zero attached hydrogens (tertiary/aromatic N) is 1. The van der Waals surface area contributed by atoms with Gasteiger partial charge in [-0.3, -0.25) is 9.79 Å². The Bertz CT molecular complexity index is 866. The Morgan fingerprint density at radius 1 is 0.968 bits per heavy atom. The van der Waals surface area contributed by atoms with E-state index in [0.717, 1.165) is 24.0 Å². The van der Waals surface area contributed by atoms with E-state index in [1.54, 1.807) is 13.1 Å². The van der Waals surface area contributed by atoms with Crippen LogP contribution in [0.4, 0.5) is 0 Å². The maximum Gasteiger partial charge on any atom is 0.265 e. The van der Waals surface area contributed by atoms with Crippen LogP contribution in [0.1, 0.15) is 62.5 Å². The molecule has 0 radical (unpaired) electrons. The Morgan fingerprint density at radius 2 is 1.65 bits per heavy atom. The highest BCUT2D eigenvalue weighted by atomic mass is 35.5. The third-order valence-corrected chi connectivity index (χ3v) is 6.20. The lowest BCUT2D eigenvalue weighted by molar-refractivity contribution is -0.114. The van der Waals surface area contributed by atoms with Crippen LogP contribution < -0.4 is 5.32 Å². The van der Waals surface area contributed by atoms with Gasteiger partial charge in [0.1, 0.15) is 0 Å². The molecular weight excluding hydrogens is 451 g/mol. The zero-order valence-corrected chi connectivity index (χ0v) is 20.5. The first-order chi connectivity index (χ1) is 14.9. The summed E-state index contributed by atoms with van der Waals surface area (Å²) in [6.45, 7) is 2.87. The van der Waals surface area contributed by atoms with Crippen molar-refractivity contribution in [3.8, 4) is 0 Å². The molecule has 2 aromatic carbocycles. The van der Waals surface area contributed by atoms with E-state index in [2.05, 4.69) is 17.2 Å². The smallest absolute Gasteiger partial charge is 0.265 e. The molecule has 6 heteroatoms. The van der Waals surface area contributed by atoms with Gasteiger partial charge < -0.3 is 5.32 Å². The minimum absolute atomic E-state index is 0.0324. The molecule has 0 bridgehead atoms. The van der Waals surface area contributed by atoms with Crippen molar-refractivity contribution in [2.45, 2.75) is 57.8 Å². The molecule has 0 aliphatic rings. The number of hydrogen-bond acceptors (Lipinski definition) is 2. The first-order valence-electron chi connectivity index (χ1n) is 10.9. The molecule has 168 valence electrons. The van der Waals surface area contributed by atoms with Gasteiger partial charge in [-0.2, -0.15) is 0 Å². The summed E-state index contributed by atoms with van der Waals surface area (Å²) >= 11 is 18.6. The van der Waals surface area contributed by atoms with E-state index in [1.807, 2.05) is 36.4 Å². The molecule has 0 aromatic heterocycles. The number of carbonyl (C=O) groups excluding carboxylic acids is 1. The van der Waals surface area contributed by atoms with Crippen molar-refractivity contribution in [2.24, 2.45) is 4.99 Å². The molecule has 2 aromatic rings. The fourth-order valence-corrected chi connectivity index (χ4v) is 4.16. The number of nitrogens with one attached hydrogen (secondary N) is 1.